The minimum Gasteiger partial charge on any atom is -0.283 e. The van der Waals surface area contributed by atoms with Crippen molar-refractivity contribution >= 4 is 10.2 Å². The lowest BCUT2D eigenvalue weighted by Crippen LogP contribution is -2.45. The molecule has 0 atom stereocenters. The van der Waals surface area contributed by atoms with Crippen molar-refractivity contribution in [2.24, 2.45) is 5.92 Å². The standard InChI is InChI=1S/C12H22N4O2S/c1-10-4-6-16(7-5-10)19(17,18)15(3)9-12-8-13-14-11(12)2/h8,10H,4-7,9H2,1-3H3,(H,13,14). The van der Waals surface area contributed by atoms with Crippen LogP contribution in [0.1, 0.15) is 31.0 Å². The minimum atomic E-state index is -3.35. The van der Waals surface area contributed by atoms with E-state index in [1.165, 1.54) is 4.31 Å². The van der Waals surface area contributed by atoms with Crippen molar-refractivity contribution in [2.45, 2.75) is 33.2 Å². The van der Waals surface area contributed by atoms with Crippen molar-refractivity contribution in [2.75, 3.05) is 20.1 Å². The molecule has 0 amide bonds. The van der Waals surface area contributed by atoms with Crippen molar-refractivity contribution in [3.63, 3.8) is 0 Å². The number of aromatic nitrogens is 2. The van der Waals surface area contributed by atoms with E-state index in [1.807, 2.05) is 6.92 Å². The molecule has 1 aliphatic heterocycles. The predicted octanol–water partition coefficient (Wildman–Crippen LogP) is 1.13. The first kappa shape index (κ1) is 14.5. The van der Waals surface area contributed by atoms with Crippen LogP contribution in [-0.2, 0) is 16.8 Å². The van der Waals surface area contributed by atoms with Gasteiger partial charge >= 0.3 is 0 Å². The van der Waals surface area contributed by atoms with Crippen LogP contribution in [0, 0.1) is 12.8 Å². The average molecular weight is 286 g/mol. The Kier molecular flexibility index (Phi) is 4.27. The van der Waals surface area contributed by atoms with Crippen LogP contribution in [0.2, 0.25) is 0 Å². The number of aryl methyl sites for hydroxylation is 1. The SMILES string of the molecule is Cc1[nH]ncc1CN(C)S(=O)(=O)N1CCC(C)CC1. The second-order valence-corrected chi connectivity index (χ2v) is 7.40. The maximum Gasteiger partial charge on any atom is 0.282 e. The first-order chi connectivity index (χ1) is 8.91. The monoisotopic (exact) mass is 286 g/mol. The molecular formula is C12H22N4O2S. The van der Waals surface area contributed by atoms with Gasteiger partial charge in [-0.15, -0.1) is 0 Å². The Morgan fingerprint density at radius 3 is 2.63 bits per heavy atom. The van der Waals surface area contributed by atoms with Crippen molar-refractivity contribution < 1.29 is 8.42 Å². The van der Waals surface area contributed by atoms with Gasteiger partial charge in [0.1, 0.15) is 0 Å². The molecule has 1 fully saturated rings. The second kappa shape index (κ2) is 5.60. The van der Waals surface area contributed by atoms with E-state index < -0.39 is 10.2 Å². The van der Waals surface area contributed by atoms with Crippen LogP contribution < -0.4 is 0 Å². The summed E-state index contributed by atoms with van der Waals surface area (Å²) in [5, 5.41) is 6.74. The highest BCUT2D eigenvalue weighted by atomic mass is 32.2. The molecule has 0 unspecified atom stereocenters. The average Bonchev–Trinajstić information content (AvgIpc) is 2.75. The molecule has 0 saturated carbocycles. The Labute approximate surface area is 115 Å². The fourth-order valence-corrected chi connectivity index (χ4v) is 3.64. The topological polar surface area (TPSA) is 69.3 Å². The second-order valence-electron chi connectivity index (χ2n) is 5.37. The van der Waals surface area contributed by atoms with E-state index in [4.69, 9.17) is 0 Å². The normalized spacial score (nSPS) is 19.2. The quantitative estimate of drug-likeness (QED) is 0.902. The van der Waals surface area contributed by atoms with E-state index in [0.29, 0.717) is 25.6 Å². The lowest BCUT2D eigenvalue weighted by molar-refractivity contribution is 0.269. The summed E-state index contributed by atoms with van der Waals surface area (Å²) in [4.78, 5) is 0. The molecule has 1 aliphatic rings. The van der Waals surface area contributed by atoms with Gasteiger partial charge in [-0.2, -0.15) is 22.1 Å². The summed E-state index contributed by atoms with van der Waals surface area (Å²) in [6.45, 7) is 5.67. The Morgan fingerprint density at radius 2 is 2.11 bits per heavy atom. The van der Waals surface area contributed by atoms with E-state index >= 15 is 0 Å². The number of hydrogen-bond donors (Lipinski definition) is 1. The third-order valence-corrected chi connectivity index (χ3v) is 5.72. The highest BCUT2D eigenvalue weighted by Gasteiger charge is 2.30. The zero-order valence-corrected chi connectivity index (χ0v) is 12.6. The van der Waals surface area contributed by atoms with Crippen LogP contribution in [0.5, 0.6) is 0 Å². The van der Waals surface area contributed by atoms with E-state index in [9.17, 15) is 8.42 Å². The summed E-state index contributed by atoms with van der Waals surface area (Å²) in [6, 6.07) is 0. The van der Waals surface area contributed by atoms with Gasteiger partial charge in [0.25, 0.3) is 10.2 Å². The summed E-state index contributed by atoms with van der Waals surface area (Å²) in [5.41, 5.74) is 1.82. The molecule has 2 rings (SSSR count). The van der Waals surface area contributed by atoms with Gasteiger partial charge in [0.15, 0.2) is 0 Å². The molecular weight excluding hydrogens is 264 g/mol. The van der Waals surface area contributed by atoms with Gasteiger partial charge in [0, 0.05) is 37.9 Å². The van der Waals surface area contributed by atoms with E-state index in [0.717, 1.165) is 24.1 Å². The molecule has 7 heteroatoms. The van der Waals surface area contributed by atoms with Crippen LogP contribution in [0.15, 0.2) is 6.20 Å². The van der Waals surface area contributed by atoms with Gasteiger partial charge in [-0.1, -0.05) is 6.92 Å². The van der Waals surface area contributed by atoms with E-state index in [-0.39, 0.29) is 0 Å². The molecule has 1 aromatic rings. The zero-order chi connectivity index (χ0) is 14.0. The maximum absolute atomic E-state index is 12.5. The summed E-state index contributed by atoms with van der Waals surface area (Å²) in [7, 11) is -1.73. The Hall–Kier alpha value is -0.920. The van der Waals surface area contributed by atoms with Crippen LogP contribution in [0.25, 0.3) is 0 Å². The third kappa shape index (κ3) is 3.16. The van der Waals surface area contributed by atoms with Crippen LogP contribution in [0.3, 0.4) is 0 Å². The number of rotatable bonds is 4. The molecule has 1 N–H and O–H groups in total. The molecule has 0 aromatic carbocycles. The van der Waals surface area contributed by atoms with Crippen LogP contribution >= 0.6 is 0 Å². The molecule has 6 nitrogen and oxygen atoms in total. The fraction of sp³-hybridized carbons (Fsp3) is 0.750. The summed E-state index contributed by atoms with van der Waals surface area (Å²) in [5.74, 6) is 0.618. The lowest BCUT2D eigenvalue weighted by atomic mass is 10.0. The number of H-pyrrole nitrogens is 1. The molecule has 0 spiro atoms. The molecule has 0 radical (unpaired) electrons. The molecule has 0 bridgehead atoms. The Balaban J connectivity index is 2.05. The molecule has 19 heavy (non-hydrogen) atoms. The summed E-state index contributed by atoms with van der Waals surface area (Å²) < 4.78 is 27.9. The van der Waals surface area contributed by atoms with E-state index in [2.05, 4.69) is 17.1 Å². The van der Waals surface area contributed by atoms with Gasteiger partial charge in [-0.25, -0.2) is 0 Å². The van der Waals surface area contributed by atoms with Gasteiger partial charge < -0.3 is 0 Å². The first-order valence-electron chi connectivity index (χ1n) is 6.61. The van der Waals surface area contributed by atoms with Crippen molar-refractivity contribution in [3.8, 4) is 0 Å². The van der Waals surface area contributed by atoms with E-state index in [1.54, 1.807) is 17.5 Å². The first-order valence-corrected chi connectivity index (χ1v) is 8.01. The fourth-order valence-electron chi connectivity index (χ4n) is 2.27. The highest BCUT2D eigenvalue weighted by Crippen LogP contribution is 2.21. The lowest BCUT2D eigenvalue weighted by Gasteiger charge is -2.32. The largest absolute Gasteiger partial charge is 0.283 e. The predicted molar refractivity (Wildman–Crippen MR) is 73.7 cm³/mol. The van der Waals surface area contributed by atoms with Crippen molar-refractivity contribution in [1.82, 2.24) is 18.8 Å². The van der Waals surface area contributed by atoms with Gasteiger partial charge in [-0.3, -0.25) is 5.10 Å². The van der Waals surface area contributed by atoms with Crippen LogP contribution in [-0.4, -0.2) is 47.4 Å². The van der Waals surface area contributed by atoms with Crippen LogP contribution in [0.4, 0.5) is 0 Å². The summed E-state index contributed by atoms with van der Waals surface area (Å²) in [6.07, 6.45) is 3.56. The molecule has 1 saturated heterocycles. The Morgan fingerprint density at radius 1 is 1.47 bits per heavy atom. The highest BCUT2D eigenvalue weighted by molar-refractivity contribution is 7.86. The number of piperidine rings is 1. The maximum atomic E-state index is 12.5. The molecule has 108 valence electrons. The third-order valence-electron chi connectivity index (χ3n) is 3.79. The van der Waals surface area contributed by atoms with Gasteiger partial charge in [0.05, 0.1) is 6.20 Å². The van der Waals surface area contributed by atoms with Gasteiger partial charge in [0.2, 0.25) is 0 Å². The minimum absolute atomic E-state index is 0.358. The number of hydrogen-bond acceptors (Lipinski definition) is 3. The smallest absolute Gasteiger partial charge is 0.282 e. The summed E-state index contributed by atoms with van der Waals surface area (Å²) >= 11 is 0. The molecule has 1 aromatic heterocycles. The number of nitrogens with zero attached hydrogens (tertiary/aromatic N) is 3. The zero-order valence-electron chi connectivity index (χ0n) is 11.8. The number of nitrogens with one attached hydrogen (secondary N) is 1. The molecule has 2 heterocycles. The van der Waals surface area contributed by atoms with Crippen molar-refractivity contribution in [1.29, 1.82) is 0 Å². The number of aromatic amines is 1. The van der Waals surface area contributed by atoms with Crippen molar-refractivity contribution in [3.05, 3.63) is 17.5 Å². The Bertz CT molecular complexity index is 518. The molecule has 0 aliphatic carbocycles. The van der Waals surface area contributed by atoms with Gasteiger partial charge in [-0.05, 0) is 25.7 Å².